The highest BCUT2D eigenvalue weighted by Gasteiger charge is 2.36. The van der Waals surface area contributed by atoms with Crippen LogP contribution in [0.15, 0.2) is 82.9 Å². The number of methoxy groups -OCH3 is 2. The summed E-state index contributed by atoms with van der Waals surface area (Å²) in [7, 11) is 3.07. The smallest absolute Gasteiger partial charge is 0.316 e. The van der Waals surface area contributed by atoms with Crippen molar-refractivity contribution >= 4 is 56.7 Å². The van der Waals surface area contributed by atoms with Crippen LogP contribution in [-0.2, 0) is 33.4 Å². The topological polar surface area (TPSA) is 201 Å². The van der Waals surface area contributed by atoms with Gasteiger partial charge in [-0.2, -0.15) is 24.0 Å². The zero-order chi connectivity index (χ0) is 55.3. The first-order chi connectivity index (χ1) is 35.0. The van der Waals surface area contributed by atoms with Gasteiger partial charge in [0, 0.05) is 29.8 Å². The molecular formula is C57H74N10O6S2. The van der Waals surface area contributed by atoms with Crippen molar-refractivity contribution in [3.05, 3.63) is 95.3 Å². The number of nitrogens with one attached hydrogen (secondary N) is 2. The van der Waals surface area contributed by atoms with Crippen LogP contribution in [0.4, 0.5) is 22.7 Å². The first kappa shape index (κ1) is 57.5. The largest absolute Gasteiger partial charge is 0.493 e. The third-order valence-electron chi connectivity index (χ3n) is 12.5. The highest BCUT2D eigenvalue weighted by molar-refractivity contribution is 7.82. The number of benzene rings is 4. The van der Waals surface area contributed by atoms with Crippen LogP contribution in [0.5, 0.6) is 23.0 Å². The lowest BCUT2D eigenvalue weighted by Crippen LogP contribution is -2.27. The fraction of sp³-hybridized carbons (Fsp3) is 0.474. The van der Waals surface area contributed by atoms with Gasteiger partial charge in [0.2, 0.25) is 5.82 Å². The van der Waals surface area contributed by atoms with Crippen LogP contribution in [0, 0.1) is 45.8 Å². The average molecular weight is 1060 g/mol. The normalized spacial score (nSPS) is 14.3. The summed E-state index contributed by atoms with van der Waals surface area (Å²) in [5.41, 5.74) is 5.91. The molecule has 1 aliphatic heterocycles. The molecule has 0 saturated heterocycles. The van der Waals surface area contributed by atoms with E-state index < -0.39 is 27.9 Å². The second-order valence-corrected chi connectivity index (χ2v) is 25.4. The number of nitrogens with zero attached hydrogens (tertiary/aromatic N) is 8. The summed E-state index contributed by atoms with van der Waals surface area (Å²) in [6, 6.07) is 26.7. The van der Waals surface area contributed by atoms with Crippen molar-refractivity contribution in [1.29, 1.82) is 10.5 Å². The number of hydrogen-bond donors (Lipinski definition) is 2. The maximum atomic E-state index is 14.1. The number of anilines is 3. The lowest BCUT2D eigenvalue weighted by atomic mass is 9.72. The van der Waals surface area contributed by atoms with E-state index in [0.29, 0.717) is 88.8 Å². The number of ether oxygens (including phenoxy) is 2. The van der Waals surface area contributed by atoms with Gasteiger partial charge in [-0.1, -0.05) is 102 Å². The predicted octanol–water partition coefficient (Wildman–Crippen LogP) is 12.9. The number of hydrogen-bond acceptors (Lipinski definition) is 13. The summed E-state index contributed by atoms with van der Waals surface area (Å²) >= 11 is -4.34. The number of nitriles is 2. The van der Waals surface area contributed by atoms with Gasteiger partial charge in [-0.05, 0) is 119 Å². The van der Waals surface area contributed by atoms with Crippen LogP contribution >= 0.6 is 0 Å². The molecule has 0 fully saturated rings. The molecule has 0 aliphatic carbocycles. The Bertz CT molecular complexity index is 2960. The Morgan fingerprint density at radius 1 is 0.667 bits per heavy atom. The van der Waals surface area contributed by atoms with E-state index in [-0.39, 0.29) is 27.5 Å². The molecular weight excluding hydrogens is 985 g/mol. The lowest BCUT2D eigenvalue weighted by Gasteiger charge is -2.33. The zero-order valence-electron chi connectivity index (χ0n) is 46.5. The third kappa shape index (κ3) is 15.0. The minimum absolute atomic E-state index is 0.0488. The highest BCUT2D eigenvalue weighted by atomic mass is 32.2. The van der Waals surface area contributed by atoms with E-state index in [1.54, 1.807) is 18.2 Å². The highest BCUT2D eigenvalue weighted by Crippen LogP contribution is 2.42. The molecule has 0 saturated carbocycles. The van der Waals surface area contributed by atoms with Crippen molar-refractivity contribution in [3.63, 3.8) is 0 Å². The molecule has 2 heterocycles. The van der Waals surface area contributed by atoms with E-state index in [4.69, 9.17) is 38.0 Å². The van der Waals surface area contributed by atoms with Crippen LogP contribution < -0.4 is 32.2 Å². The van der Waals surface area contributed by atoms with Crippen molar-refractivity contribution < 1.29 is 26.3 Å². The van der Waals surface area contributed by atoms with Crippen LogP contribution in [0.2, 0.25) is 0 Å². The van der Waals surface area contributed by atoms with Gasteiger partial charge in [0.05, 0.1) is 62.0 Å². The molecule has 0 amide bonds. The Balaban J connectivity index is 1.39. The molecule has 0 bridgehead atoms. The number of aromatic nitrogens is 3. The van der Waals surface area contributed by atoms with Gasteiger partial charge >= 0.3 is 22.5 Å². The minimum Gasteiger partial charge on any atom is -0.493 e. The Labute approximate surface area is 449 Å². The molecule has 2 unspecified atom stereocenters. The Kier molecular flexibility index (Phi) is 17.6. The average Bonchev–Trinajstić information content (AvgIpc) is 3.87. The summed E-state index contributed by atoms with van der Waals surface area (Å²) in [5.74, 6) is 2.06. The van der Waals surface area contributed by atoms with E-state index in [1.165, 1.54) is 19.0 Å². The first-order valence-electron chi connectivity index (χ1n) is 25.0. The zero-order valence-corrected chi connectivity index (χ0v) is 48.1. The maximum absolute atomic E-state index is 14.1. The Morgan fingerprint density at radius 3 is 1.59 bits per heavy atom. The van der Waals surface area contributed by atoms with Crippen molar-refractivity contribution in [2.24, 2.45) is 26.3 Å². The molecule has 0 spiro atoms. The van der Waals surface area contributed by atoms with Gasteiger partial charge in [0.25, 0.3) is 0 Å². The maximum Gasteiger partial charge on any atom is 0.316 e. The molecule has 1 aromatic heterocycles. The summed E-state index contributed by atoms with van der Waals surface area (Å²) in [6.07, 6.45) is 2.42. The number of aryl methyl sites for hydroxylation is 1. The molecule has 0 radical (unpaired) electrons. The van der Waals surface area contributed by atoms with Crippen molar-refractivity contribution in [3.8, 4) is 46.5 Å². The number of aliphatic imine (C=N–C) groups is 1. The van der Waals surface area contributed by atoms with E-state index in [1.807, 2.05) is 87.2 Å². The third-order valence-corrected chi connectivity index (χ3v) is 13.9. The second-order valence-electron chi connectivity index (χ2n) is 23.7. The van der Waals surface area contributed by atoms with Crippen molar-refractivity contribution in [2.45, 2.75) is 133 Å². The van der Waals surface area contributed by atoms with Gasteiger partial charge in [0.15, 0.2) is 28.8 Å². The molecule has 2 N–H and O–H groups in total. The minimum atomic E-state index is -2.17. The molecule has 1 aliphatic rings. The SMILES string of the molecule is COc1ccc(C(C)(C)CC(C)(C)C)cc1OS(=O)Nc1cc(NS(=O)Oc2cc(C(C)(C)CC(C)(C)C)ccc2OC)cc(-c2nc3n(n2)N=C(C(C)(C)C)C3=Nc2ccc(N(CCC#N)CCC#N)cc2C)c1. The quantitative estimate of drug-likeness (QED) is 0.0708. The summed E-state index contributed by atoms with van der Waals surface area (Å²) in [4.78, 5) is 13.7. The standard InChI is InChI=1S/C57H74N10O6S2/c1-37-29-43(66(27-17-25-58)28-18-26-59)21-22-44(37)60-49-50(55(8,9)10)62-67-52(49)61-51(63-67)38-30-41(64-74(68)72-47-32-39(19-23-45(47)70-15)56(11,12)35-53(2,3)4)34-42(31-38)65-75(69)73-48-33-40(20-24-46(48)71-16)57(13,14)36-54(5,6)7/h19-24,29-34,64-65H,17-18,27-28,35-36H2,1-16H3. The summed E-state index contributed by atoms with van der Waals surface area (Å²) < 4.78 is 57.6. The number of fused-ring (bicyclic) bond motifs is 1. The van der Waals surface area contributed by atoms with E-state index in [0.717, 1.165) is 35.2 Å². The first-order valence-corrected chi connectivity index (χ1v) is 27.2. The molecule has 5 aromatic rings. The van der Waals surface area contributed by atoms with Crippen LogP contribution in [-0.4, -0.2) is 62.0 Å². The molecule has 18 heteroatoms. The van der Waals surface area contributed by atoms with Gasteiger partial charge < -0.3 is 22.7 Å². The van der Waals surface area contributed by atoms with Crippen LogP contribution in [0.25, 0.3) is 11.4 Å². The number of rotatable bonds is 21. The summed E-state index contributed by atoms with van der Waals surface area (Å²) in [6.45, 7) is 31.0. The van der Waals surface area contributed by atoms with Gasteiger partial charge in [-0.25, -0.2) is 9.98 Å². The van der Waals surface area contributed by atoms with Crippen molar-refractivity contribution in [2.75, 3.05) is 41.7 Å². The molecule has 16 nitrogen and oxygen atoms in total. The Hall–Kier alpha value is -6.76. The molecule has 75 heavy (non-hydrogen) atoms. The lowest BCUT2D eigenvalue weighted by molar-refractivity contribution is 0.283. The van der Waals surface area contributed by atoms with E-state index in [2.05, 4.69) is 90.8 Å². The van der Waals surface area contributed by atoms with E-state index in [9.17, 15) is 18.9 Å². The monoisotopic (exact) mass is 1060 g/mol. The fourth-order valence-electron chi connectivity index (χ4n) is 9.78. The van der Waals surface area contributed by atoms with E-state index >= 15 is 0 Å². The fourth-order valence-corrected chi connectivity index (χ4v) is 11.1. The van der Waals surface area contributed by atoms with Gasteiger partial charge in [-0.3, -0.25) is 9.44 Å². The van der Waals surface area contributed by atoms with Gasteiger partial charge in [0.1, 0.15) is 5.71 Å². The van der Waals surface area contributed by atoms with Gasteiger partial charge in [-0.15, -0.1) is 9.89 Å². The molecule has 4 aromatic carbocycles. The molecule has 2 atom stereocenters. The van der Waals surface area contributed by atoms with Crippen LogP contribution in [0.3, 0.4) is 0 Å². The summed E-state index contributed by atoms with van der Waals surface area (Å²) in [5, 5.41) is 28.3. The second kappa shape index (κ2) is 23.0. The Morgan fingerprint density at radius 2 is 1.16 bits per heavy atom. The van der Waals surface area contributed by atoms with Crippen molar-refractivity contribution in [1.82, 2.24) is 14.9 Å². The predicted molar refractivity (Wildman–Crippen MR) is 303 cm³/mol. The molecule has 6 rings (SSSR count). The molecule has 400 valence electrons. The van der Waals surface area contributed by atoms with Crippen LogP contribution in [0.1, 0.15) is 138 Å².